The van der Waals surface area contributed by atoms with Crippen LogP contribution in [0.3, 0.4) is 0 Å². The van der Waals surface area contributed by atoms with Gasteiger partial charge in [-0.2, -0.15) is 0 Å². The van der Waals surface area contributed by atoms with Crippen molar-refractivity contribution in [2.75, 3.05) is 29.9 Å². The molecule has 0 unspecified atom stereocenters. The van der Waals surface area contributed by atoms with Gasteiger partial charge in [0.25, 0.3) is 0 Å². The first-order valence-electron chi connectivity index (χ1n) is 6.91. The molecule has 0 aliphatic carbocycles. The molecule has 1 aromatic heterocycles. The van der Waals surface area contributed by atoms with Gasteiger partial charge in [0, 0.05) is 26.1 Å². The van der Waals surface area contributed by atoms with Crippen molar-refractivity contribution in [1.82, 2.24) is 4.98 Å². The molecule has 2 heterocycles. The summed E-state index contributed by atoms with van der Waals surface area (Å²) >= 11 is 0. The van der Waals surface area contributed by atoms with E-state index in [2.05, 4.69) is 28.2 Å². The Morgan fingerprint density at radius 3 is 2.84 bits per heavy atom. The second-order valence-corrected chi connectivity index (χ2v) is 5.06. The first kappa shape index (κ1) is 13.6. The van der Waals surface area contributed by atoms with Gasteiger partial charge in [-0.25, -0.2) is 0 Å². The molecular formula is C14H22N4O. The molecule has 1 aliphatic rings. The fourth-order valence-corrected chi connectivity index (χ4v) is 2.58. The molecular weight excluding hydrogens is 240 g/mol. The summed E-state index contributed by atoms with van der Waals surface area (Å²) in [4.78, 5) is 17.5. The molecule has 1 saturated heterocycles. The molecule has 104 valence electrons. The number of carbonyl (C=O) groups is 1. The van der Waals surface area contributed by atoms with Crippen LogP contribution in [0.2, 0.25) is 0 Å². The third kappa shape index (κ3) is 3.84. The van der Waals surface area contributed by atoms with Gasteiger partial charge in [-0.1, -0.05) is 0 Å². The first-order valence-corrected chi connectivity index (χ1v) is 6.91. The molecule has 1 amide bonds. The number of primary amides is 1. The lowest BCUT2D eigenvalue weighted by Gasteiger charge is -2.33. The molecule has 1 aromatic rings. The average Bonchev–Trinajstić information content (AvgIpc) is 2.40. The SMILES string of the molecule is CCNc1cncc(N2CCC(CC(N)=O)CC2)c1. The Bertz CT molecular complexity index is 427. The van der Waals surface area contributed by atoms with Gasteiger partial charge in [0.05, 0.1) is 23.8 Å². The Kier molecular flexibility index (Phi) is 4.60. The second kappa shape index (κ2) is 6.41. The maximum absolute atomic E-state index is 10.9. The van der Waals surface area contributed by atoms with Gasteiger partial charge in [0.1, 0.15) is 0 Å². The molecule has 1 aliphatic heterocycles. The van der Waals surface area contributed by atoms with Crippen LogP contribution in [-0.4, -0.2) is 30.5 Å². The highest BCUT2D eigenvalue weighted by Gasteiger charge is 2.21. The van der Waals surface area contributed by atoms with Gasteiger partial charge in [-0.05, 0) is 31.7 Å². The highest BCUT2D eigenvalue weighted by Crippen LogP contribution is 2.25. The number of rotatable bonds is 5. The number of hydrogen-bond donors (Lipinski definition) is 2. The number of amides is 1. The minimum Gasteiger partial charge on any atom is -0.384 e. The fraction of sp³-hybridized carbons (Fsp3) is 0.571. The van der Waals surface area contributed by atoms with E-state index in [1.54, 1.807) is 0 Å². The summed E-state index contributed by atoms with van der Waals surface area (Å²) in [7, 11) is 0. The Morgan fingerprint density at radius 2 is 2.21 bits per heavy atom. The Balaban J connectivity index is 1.93. The van der Waals surface area contributed by atoms with E-state index in [1.807, 2.05) is 12.4 Å². The molecule has 0 atom stereocenters. The number of pyridine rings is 1. The Labute approximate surface area is 114 Å². The largest absolute Gasteiger partial charge is 0.384 e. The average molecular weight is 262 g/mol. The molecule has 2 rings (SSSR count). The standard InChI is InChI=1S/C14H22N4O/c1-2-17-12-8-13(10-16-9-12)18-5-3-11(4-6-18)7-14(15)19/h8-11,17H,2-7H2,1H3,(H2,15,19). The van der Waals surface area contributed by atoms with E-state index >= 15 is 0 Å². The van der Waals surface area contributed by atoms with Crippen molar-refractivity contribution in [2.45, 2.75) is 26.2 Å². The van der Waals surface area contributed by atoms with E-state index in [-0.39, 0.29) is 5.91 Å². The summed E-state index contributed by atoms with van der Waals surface area (Å²) in [5.41, 5.74) is 7.46. The maximum atomic E-state index is 10.9. The van der Waals surface area contributed by atoms with Crippen molar-refractivity contribution in [2.24, 2.45) is 11.7 Å². The van der Waals surface area contributed by atoms with Gasteiger partial charge in [-0.3, -0.25) is 9.78 Å². The van der Waals surface area contributed by atoms with Gasteiger partial charge in [0.2, 0.25) is 5.91 Å². The van der Waals surface area contributed by atoms with Crippen molar-refractivity contribution in [1.29, 1.82) is 0 Å². The normalized spacial score (nSPS) is 16.4. The molecule has 0 saturated carbocycles. The van der Waals surface area contributed by atoms with Crippen LogP contribution < -0.4 is 16.0 Å². The van der Waals surface area contributed by atoms with Gasteiger partial charge in [0.15, 0.2) is 0 Å². The van der Waals surface area contributed by atoms with Crippen LogP contribution in [-0.2, 0) is 4.79 Å². The summed E-state index contributed by atoms with van der Waals surface area (Å²) in [6.07, 6.45) is 6.30. The second-order valence-electron chi connectivity index (χ2n) is 5.06. The lowest BCUT2D eigenvalue weighted by molar-refractivity contribution is -0.119. The molecule has 19 heavy (non-hydrogen) atoms. The fourth-order valence-electron chi connectivity index (χ4n) is 2.58. The zero-order valence-corrected chi connectivity index (χ0v) is 11.4. The molecule has 0 radical (unpaired) electrons. The van der Waals surface area contributed by atoms with Crippen LogP contribution >= 0.6 is 0 Å². The van der Waals surface area contributed by atoms with Crippen molar-refractivity contribution >= 4 is 17.3 Å². The molecule has 5 heteroatoms. The molecule has 3 N–H and O–H groups in total. The first-order chi connectivity index (χ1) is 9.19. The van der Waals surface area contributed by atoms with Crippen LogP contribution in [0.15, 0.2) is 18.5 Å². The lowest BCUT2D eigenvalue weighted by Crippen LogP contribution is -2.35. The topological polar surface area (TPSA) is 71.2 Å². The summed E-state index contributed by atoms with van der Waals surface area (Å²) in [6.45, 7) is 4.90. The number of anilines is 2. The molecule has 0 bridgehead atoms. The Hall–Kier alpha value is -1.78. The molecule has 0 spiro atoms. The summed E-state index contributed by atoms with van der Waals surface area (Å²) in [6, 6.07) is 2.13. The third-order valence-corrected chi connectivity index (χ3v) is 3.57. The van der Waals surface area contributed by atoms with E-state index in [1.165, 1.54) is 0 Å². The van der Waals surface area contributed by atoms with E-state index in [0.717, 1.165) is 43.9 Å². The van der Waals surface area contributed by atoms with Crippen LogP contribution in [0.4, 0.5) is 11.4 Å². The predicted molar refractivity (Wildman–Crippen MR) is 77.1 cm³/mol. The van der Waals surface area contributed by atoms with Crippen LogP contribution in [0.5, 0.6) is 0 Å². The number of carbonyl (C=O) groups excluding carboxylic acids is 1. The van der Waals surface area contributed by atoms with E-state index in [4.69, 9.17) is 5.73 Å². The summed E-state index contributed by atoms with van der Waals surface area (Å²) < 4.78 is 0. The van der Waals surface area contributed by atoms with Gasteiger partial charge in [-0.15, -0.1) is 0 Å². The highest BCUT2D eigenvalue weighted by molar-refractivity contribution is 5.74. The maximum Gasteiger partial charge on any atom is 0.217 e. The van der Waals surface area contributed by atoms with E-state index in [9.17, 15) is 4.79 Å². The van der Waals surface area contributed by atoms with Crippen molar-refractivity contribution in [3.63, 3.8) is 0 Å². The zero-order chi connectivity index (χ0) is 13.7. The van der Waals surface area contributed by atoms with Crippen molar-refractivity contribution < 1.29 is 4.79 Å². The van der Waals surface area contributed by atoms with Crippen LogP contribution in [0.25, 0.3) is 0 Å². The quantitative estimate of drug-likeness (QED) is 0.845. The van der Waals surface area contributed by atoms with Gasteiger partial charge >= 0.3 is 0 Å². The smallest absolute Gasteiger partial charge is 0.217 e. The molecule has 1 fully saturated rings. The monoisotopic (exact) mass is 262 g/mol. The van der Waals surface area contributed by atoms with E-state index in [0.29, 0.717) is 12.3 Å². The number of aromatic nitrogens is 1. The van der Waals surface area contributed by atoms with Crippen molar-refractivity contribution in [3.8, 4) is 0 Å². The van der Waals surface area contributed by atoms with E-state index < -0.39 is 0 Å². The van der Waals surface area contributed by atoms with Crippen LogP contribution in [0, 0.1) is 5.92 Å². The molecule has 0 aromatic carbocycles. The number of nitrogens with one attached hydrogen (secondary N) is 1. The lowest BCUT2D eigenvalue weighted by atomic mass is 9.93. The van der Waals surface area contributed by atoms with Gasteiger partial charge < -0.3 is 16.0 Å². The zero-order valence-electron chi connectivity index (χ0n) is 11.4. The summed E-state index contributed by atoms with van der Waals surface area (Å²) in [5, 5.41) is 3.27. The van der Waals surface area contributed by atoms with Crippen molar-refractivity contribution in [3.05, 3.63) is 18.5 Å². The highest BCUT2D eigenvalue weighted by atomic mass is 16.1. The minimum absolute atomic E-state index is 0.186. The minimum atomic E-state index is -0.186. The molecule has 5 nitrogen and oxygen atoms in total. The predicted octanol–water partition coefficient (Wildman–Crippen LogP) is 1.61. The van der Waals surface area contributed by atoms with Crippen LogP contribution in [0.1, 0.15) is 26.2 Å². The number of nitrogens with zero attached hydrogens (tertiary/aromatic N) is 2. The third-order valence-electron chi connectivity index (χ3n) is 3.57. The summed E-state index contributed by atoms with van der Waals surface area (Å²) in [5.74, 6) is 0.257. The number of hydrogen-bond acceptors (Lipinski definition) is 4. The number of piperidine rings is 1. The Morgan fingerprint density at radius 1 is 1.47 bits per heavy atom. The number of nitrogens with two attached hydrogens (primary N) is 1.